The van der Waals surface area contributed by atoms with Crippen LogP contribution in [0.3, 0.4) is 0 Å². The van der Waals surface area contributed by atoms with E-state index in [1.54, 1.807) is 0 Å². The van der Waals surface area contributed by atoms with Gasteiger partial charge in [-0.15, -0.1) is 0 Å². The van der Waals surface area contributed by atoms with Crippen molar-refractivity contribution in [3.63, 3.8) is 0 Å². The van der Waals surface area contributed by atoms with Crippen LogP contribution in [-0.2, 0) is 22.5 Å². The second-order valence-corrected chi connectivity index (χ2v) is 5.64. The molecule has 1 unspecified atom stereocenters. The van der Waals surface area contributed by atoms with E-state index in [0.717, 1.165) is 44.8 Å². The smallest absolute Gasteiger partial charge is 0.224 e. The maximum Gasteiger partial charge on any atom is 0.224 e. The number of carbonyl (C=O) groups is 1. The maximum absolute atomic E-state index is 12.4. The minimum Gasteiger partial charge on any atom is -0.379 e. The summed E-state index contributed by atoms with van der Waals surface area (Å²) in [5.41, 5.74) is 2.33. The Labute approximate surface area is 119 Å². The molecule has 0 bridgehead atoms. The van der Waals surface area contributed by atoms with Gasteiger partial charge >= 0.3 is 0 Å². The number of aromatic amines is 1. The zero-order chi connectivity index (χ0) is 13.9. The molecule has 3 heterocycles. The number of ether oxygens (including phenoxy) is 1. The van der Waals surface area contributed by atoms with E-state index in [4.69, 9.17) is 4.74 Å². The summed E-state index contributed by atoms with van der Waals surface area (Å²) in [5, 5.41) is 7.05. The number of amides is 1. The maximum atomic E-state index is 12.4. The van der Waals surface area contributed by atoms with Crippen molar-refractivity contribution in [1.29, 1.82) is 0 Å². The minimum atomic E-state index is 0.246. The largest absolute Gasteiger partial charge is 0.379 e. The lowest BCUT2D eigenvalue weighted by Gasteiger charge is -2.34. The molecular formula is C14H22N4O2. The number of morpholine rings is 1. The molecule has 0 aliphatic carbocycles. The molecule has 6 nitrogen and oxygen atoms in total. The number of aromatic nitrogens is 2. The third-order valence-electron chi connectivity index (χ3n) is 4.29. The van der Waals surface area contributed by atoms with Crippen molar-refractivity contribution in [2.75, 3.05) is 32.8 Å². The monoisotopic (exact) mass is 278 g/mol. The lowest BCUT2D eigenvalue weighted by atomic mass is 10.1. The van der Waals surface area contributed by atoms with Gasteiger partial charge in [0, 0.05) is 56.3 Å². The molecule has 1 N–H and O–H groups in total. The summed E-state index contributed by atoms with van der Waals surface area (Å²) in [6.45, 7) is 7.04. The van der Waals surface area contributed by atoms with Gasteiger partial charge in [-0.2, -0.15) is 5.10 Å². The number of nitrogens with one attached hydrogen (secondary N) is 1. The number of fused-ring (bicyclic) bond motifs is 1. The fourth-order valence-corrected chi connectivity index (χ4v) is 2.96. The molecule has 6 heteroatoms. The van der Waals surface area contributed by atoms with Crippen molar-refractivity contribution in [3.05, 3.63) is 17.5 Å². The van der Waals surface area contributed by atoms with Crippen LogP contribution < -0.4 is 0 Å². The number of nitrogens with zero attached hydrogens (tertiary/aromatic N) is 3. The van der Waals surface area contributed by atoms with Crippen LogP contribution in [0.25, 0.3) is 0 Å². The van der Waals surface area contributed by atoms with Crippen LogP contribution >= 0.6 is 0 Å². The summed E-state index contributed by atoms with van der Waals surface area (Å²) in [6.07, 6.45) is 3.31. The van der Waals surface area contributed by atoms with Gasteiger partial charge in [0.15, 0.2) is 0 Å². The van der Waals surface area contributed by atoms with E-state index in [-0.39, 0.29) is 11.9 Å². The van der Waals surface area contributed by atoms with E-state index in [9.17, 15) is 4.79 Å². The Morgan fingerprint density at radius 3 is 3.05 bits per heavy atom. The van der Waals surface area contributed by atoms with Crippen LogP contribution in [0.2, 0.25) is 0 Å². The molecule has 2 aliphatic rings. The SMILES string of the molecule is CC(CC(=O)N1CCc2[nH]ncc2C1)N1CCOCC1. The fourth-order valence-electron chi connectivity index (χ4n) is 2.96. The molecule has 20 heavy (non-hydrogen) atoms. The summed E-state index contributed by atoms with van der Waals surface area (Å²) in [7, 11) is 0. The van der Waals surface area contributed by atoms with Crippen molar-refractivity contribution in [3.8, 4) is 0 Å². The van der Waals surface area contributed by atoms with Gasteiger partial charge in [0.25, 0.3) is 0 Å². The zero-order valence-electron chi connectivity index (χ0n) is 12.0. The molecule has 1 aromatic rings. The molecule has 0 aromatic carbocycles. The minimum absolute atomic E-state index is 0.246. The van der Waals surface area contributed by atoms with Crippen LogP contribution in [0.1, 0.15) is 24.6 Å². The standard InChI is InChI=1S/C14H22N4O2/c1-11(17-4-6-20-7-5-17)8-14(19)18-3-2-13-12(10-18)9-15-16-13/h9,11H,2-8,10H2,1H3,(H,15,16). The van der Waals surface area contributed by atoms with Gasteiger partial charge in [-0.05, 0) is 6.92 Å². The first-order valence-electron chi connectivity index (χ1n) is 7.34. The van der Waals surface area contributed by atoms with E-state index in [0.29, 0.717) is 13.0 Å². The van der Waals surface area contributed by atoms with Gasteiger partial charge < -0.3 is 9.64 Å². The van der Waals surface area contributed by atoms with E-state index in [1.165, 1.54) is 5.69 Å². The lowest BCUT2D eigenvalue weighted by molar-refractivity contribution is -0.133. The third-order valence-corrected chi connectivity index (χ3v) is 4.29. The Morgan fingerprint density at radius 1 is 1.45 bits per heavy atom. The molecule has 0 saturated carbocycles. The highest BCUT2D eigenvalue weighted by atomic mass is 16.5. The van der Waals surface area contributed by atoms with Crippen LogP contribution in [0.15, 0.2) is 6.20 Å². The molecule has 0 spiro atoms. The third kappa shape index (κ3) is 2.86. The summed E-state index contributed by atoms with van der Waals surface area (Å²) < 4.78 is 5.35. The Hall–Kier alpha value is -1.40. The van der Waals surface area contributed by atoms with Gasteiger partial charge in [0.05, 0.1) is 19.4 Å². The molecule has 110 valence electrons. The molecule has 0 radical (unpaired) electrons. The van der Waals surface area contributed by atoms with Gasteiger partial charge in [0.1, 0.15) is 0 Å². The molecule has 1 atom stereocenters. The average molecular weight is 278 g/mol. The zero-order valence-corrected chi connectivity index (χ0v) is 12.0. The number of hydrogen-bond donors (Lipinski definition) is 1. The Kier molecular flexibility index (Phi) is 4.03. The molecule has 1 saturated heterocycles. The highest BCUT2D eigenvalue weighted by molar-refractivity contribution is 5.77. The predicted octanol–water partition coefficient (Wildman–Crippen LogP) is 0.405. The van der Waals surface area contributed by atoms with E-state index in [2.05, 4.69) is 22.0 Å². The fraction of sp³-hybridized carbons (Fsp3) is 0.714. The predicted molar refractivity (Wildman–Crippen MR) is 74.2 cm³/mol. The topological polar surface area (TPSA) is 61.5 Å². The van der Waals surface area contributed by atoms with Gasteiger partial charge in [0.2, 0.25) is 5.91 Å². The lowest BCUT2D eigenvalue weighted by Crippen LogP contribution is -2.45. The highest BCUT2D eigenvalue weighted by Crippen LogP contribution is 2.18. The summed E-state index contributed by atoms with van der Waals surface area (Å²) >= 11 is 0. The second kappa shape index (κ2) is 5.93. The Bertz CT molecular complexity index is 467. The molecule has 3 rings (SSSR count). The van der Waals surface area contributed by atoms with Crippen molar-refractivity contribution in [1.82, 2.24) is 20.0 Å². The first-order chi connectivity index (χ1) is 9.74. The Morgan fingerprint density at radius 2 is 2.25 bits per heavy atom. The summed E-state index contributed by atoms with van der Waals surface area (Å²) in [5.74, 6) is 0.246. The van der Waals surface area contributed by atoms with Crippen LogP contribution in [0, 0.1) is 0 Å². The normalized spacial score (nSPS) is 21.6. The molecule has 1 fully saturated rings. The average Bonchev–Trinajstić information content (AvgIpc) is 2.95. The Balaban J connectivity index is 1.54. The van der Waals surface area contributed by atoms with Crippen molar-refractivity contribution >= 4 is 5.91 Å². The molecule has 2 aliphatic heterocycles. The van der Waals surface area contributed by atoms with Crippen molar-refractivity contribution < 1.29 is 9.53 Å². The molecular weight excluding hydrogens is 256 g/mol. The van der Waals surface area contributed by atoms with Crippen LogP contribution in [0.5, 0.6) is 0 Å². The van der Waals surface area contributed by atoms with Gasteiger partial charge in [-0.25, -0.2) is 0 Å². The van der Waals surface area contributed by atoms with Crippen LogP contribution in [-0.4, -0.2) is 64.8 Å². The quantitative estimate of drug-likeness (QED) is 0.869. The summed E-state index contributed by atoms with van der Waals surface area (Å²) in [6, 6.07) is 0.289. The number of carbonyl (C=O) groups excluding carboxylic acids is 1. The number of H-pyrrole nitrogens is 1. The van der Waals surface area contributed by atoms with E-state index < -0.39 is 0 Å². The summed E-state index contributed by atoms with van der Waals surface area (Å²) in [4.78, 5) is 16.7. The first kappa shape index (κ1) is 13.6. The van der Waals surface area contributed by atoms with E-state index >= 15 is 0 Å². The molecule has 1 aromatic heterocycles. The number of rotatable bonds is 3. The second-order valence-electron chi connectivity index (χ2n) is 5.64. The van der Waals surface area contributed by atoms with Crippen molar-refractivity contribution in [2.24, 2.45) is 0 Å². The van der Waals surface area contributed by atoms with Crippen LogP contribution in [0.4, 0.5) is 0 Å². The highest BCUT2D eigenvalue weighted by Gasteiger charge is 2.25. The van der Waals surface area contributed by atoms with Crippen molar-refractivity contribution in [2.45, 2.75) is 32.4 Å². The first-order valence-corrected chi connectivity index (χ1v) is 7.34. The number of hydrogen-bond acceptors (Lipinski definition) is 4. The van der Waals surface area contributed by atoms with E-state index in [1.807, 2.05) is 11.1 Å². The molecule has 1 amide bonds. The van der Waals surface area contributed by atoms with Gasteiger partial charge in [-0.3, -0.25) is 14.8 Å². The van der Waals surface area contributed by atoms with Gasteiger partial charge in [-0.1, -0.05) is 0 Å².